The molecule has 1 aromatic carbocycles. The fourth-order valence-corrected chi connectivity index (χ4v) is 2.02. The summed E-state index contributed by atoms with van der Waals surface area (Å²) in [5.41, 5.74) is 3.05. The molecule has 0 aromatic heterocycles. The Morgan fingerprint density at radius 1 is 1.13 bits per heavy atom. The van der Waals surface area contributed by atoms with E-state index in [4.69, 9.17) is 4.74 Å². The van der Waals surface area contributed by atoms with Crippen molar-refractivity contribution in [1.29, 1.82) is 0 Å². The highest BCUT2D eigenvalue weighted by Gasteiger charge is 2.42. The van der Waals surface area contributed by atoms with Crippen molar-refractivity contribution >= 4 is 0 Å². The molecule has 1 fully saturated rings. The van der Waals surface area contributed by atoms with E-state index in [1.807, 2.05) is 0 Å². The van der Waals surface area contributed by atoms with Crippen LogP contribution in [-0.4, -0.2) is 12.2 Å². The molecule has 1 heterocycles. The second kappa shape index (κ2) is 4.36. The van der Waals surface area contributed by atoms with Crippen molar-refractivity contribution in [2.45, 2.75) is 45.1 Å². The van der Waals surface area contributed by atoms with E-state index in [2.05, 4.69) is 38.1 Å². The van der Waals surface area contributed by atoms with Crippen molar-refractivity contribution in [1.82, 2.24) is 0 Å². The summed E-state index contributed by atoms with van der Waals surface area (Å²) in [5, 5.41) is 0. The monoisotopic (exact) mass is 204 g/mol. The van der Waals surface area contributed by atoms with E-state index in [-0.39, 0.29) is 5.60 Å². The first-order chi connectivity index (χ1) is 7.28. The minimum absolute atomic E-state index is 0.187. The van der Waals surface area contributed by atoms with Crippen molar-refractivity contribution in [2.24, 2.45) is 0 Å². The third kappa shape index (κ3) is 2.60. The first-order valence-electron chi connectivity index (χ1n) is 6.00. The largest absolute Gasteiger partial charge is 0.369 e. The topological polar surface area (TPSA) is 12.5 Å². The van der Waals surface area contributed by atoms with Crippen LogP contribution in [0, 0.1) is 0 Å². The van der Waals surface area contributed by atoms with Crippen LogP contribution < -0.4 is 0 Å². The lowest BCUT2D eigenvalue weighted by Crippen LogP contribution is -2.12. The highest BCUT2D eigenvalue weighted by Crippen LogP contribution is 2.34. The Morgan fingerprint density at radius 2 is 1.73 bits per heavy atom. The lowest BCUT2D eigenvalue weighted by Gasteiger charge is -2.09. The summed E-state index contributed by atoms with van der Waals surface area (Å²) in [7, 11) is 0. The molecule has 82 valence electrons. The standard InChI is InChI=1S/C14H20O/c1-3-5-12-6-8-13(9-7-12)10-14(4-2)11-15-14/h6-9H,3-5,10-11H2,1-2H3. The van der Waals surface area contributed by atoms with Crippen LogP contribution in [0.5, 0.6) is 0 Å². The van der Waals surface area contributed by atoms with Crippen LogP contribution in [0.3, 0.4) is 0 Å². The number of epoxide rings is 1. The number of rotatable bonds is 5. The molecular formula is C14H20O. The first kappa shape index (κ1) is 10.7. The van der Waals surface area contributed by atoms with Gasteiger partial charge in [-0.1, -0.05) is 44.5 Å². The maximum Gasteiger partial charge on any atom is 0.0954 e. The van der Waals surface area contributed by atoms with E-state index < -0.39 is 0 Å². The molecule has 1 aliphatic heterocycles. The summed E-state index contributed by atoms with van der Waals surface area (Å²) < 4.78 is 5.53. The molecule has 1 atom stereocenters. The summed E-state index contributed by atoms with van der Waals surface area (Å²) in [6, 6.07) is 9.02. The summed E-state index contributed by atoms with van der Waals surface area (Å²) in [5.74, 6) is 0. The van der Waals surface area contributed by atoms with Gasteiger partial charge < -0.3 is 4.74 Å². The second-order valence-corrected chi connectivity index (χ2v) is 4.57. The average Bonchev–Trinajstić information content (AvgIpc) is 3.02. The van der Waals surface area contributed by atoms with Crippen molar-refractivity contribution in [3.63, 3.8) is 0 Å². The van der Waals surface area contributed by atoms with Gasteiger partial charge in [0.25, 0.3) is 0 Å². The van der Waals surface area contributed by atoms with Crippen LogP contribution in [-0.2, 0) is 17.6 Å². The van der Waals surface area contributed by atoms with E-state index in [1.165, 1.54) is 24.0 Å². The van der Waals surface area contributed by atoms with Gasteiger partial charge >= 0.3 is 0 Å². The Bertz CT molecular complexity index is 309. The molecule has 1 nitrogen and oxygen atoms in total. The minimum atomic E-state index is 0.187. The van der Waals surface area contributed by atoms with Crippen molar-refractivity contribution in [2.75, 3.05) is 6.61 Å². The summed E-state index contributed by atoms with van der Waals surface area (Å²) in [6.07, 6.45) is 4.62. The molecule has 0 bridgehead atoms. The van der Waals surface area contributed by atoms with E-state index in [0.29, 0.717) is 0 Å². The van der Waals surface area contributed by atoms with Crippen molar-refractivity contribution in [3.05, 3.63) is 35.4 Å². The molecule has 15 heavy (non-hydrogen) atoms. The normalized spacial score (nSPS) is 24.1. The predicted octanol–water partition coefficient (Wildman–Crippen LogP) is 3.36. The number of hydrogen-bond acceptors (Lipinski definition) is 1. The summed E-state index contributed by atoms with van der Waals surface area (Å²) >= 11 is 0. The lowest BCUT2D eigenvalue weighted by atomic mass is 9.96. The van der Waals surface area contributed by atoms with Crippen LogP contribution in [0.2, 0.25) is 0 Å². The van der Waals surface area contributed by atoms with Gasteiger partial charge in [-0.3, -0.25) is 0 Å². The zero-order chi connectivity index (χ0) is 10.7. The van der Waals surface area contributed by atoms with Crippen LogP contribution >= 0.6 is 0 Å². The number of aryl methyl sites for hydroxylation is 1. The van der Waals surface area contributed by atoms with Gasteiger partial charge in [0.15, 0.2) is 0 Å². The van der Waals surface area contributed by atoms with Gasteiger partial charge in [-0.25, -0.2) is 0 Å². The van der Waals surface area contributed by atoms with Crippen LogP contribution in [0.4, 0.5) is 0 Å². The second-order valence-electron chi connectivity index (χ2n) is 4.57. The highest BCUT2D eigenvalue weighted by molar-refractivity contribution is 5.24. The molecule has 0 saturated carbocycles. The Hall–Kier alpha value is -0.820. The minimum Gasteiger partial charge on any atom is -0.369 e. The SMILES string of the molecule is CCCc1ccc(CC2(CC)CO2)cc1. The first-order valence-corrected chi connectivity index (χ1v) is 6.00. The van der Waals surface area contributed by atoms with Gasteiger partial charge in [0.2, 0.25) is 0 Å². The summed E-state index contributed by atoms with van der Waals surface area (Å²) in [4.78, 5) is 0. The fraction of sp³-hybridized carbons (Fsp3) is 0.571. The Morgan fingerprint density at radius 3 is 2.20 bits per heavy atom. The Balaban J connectivity index is 1.98. The number of ether oxygens (including phenoxy) is 1. The molecule has 2 rings (SSSR count). The van der Waals surface area contributed by atoms with Crippen molar-refractivity contribution in [3.8, 4) is 0 Å². The molecule has 0 radical (unpaired) electrons. The molecule has 0 spiro atoms. The molecule has 1 unspecified atom stereocenters. The predicted molar refractivity (Wildman–Crippen MR) is 63.1 cm³/mol. The fourth-order valence-electron chi connectivity index (χ4n) is 2.02. The van der Waals surface area contributed by atoms with Crippen LogP contribution in [0.25, 0.3) is 0 Å². The van der Waals surface area contributed by atoms with Crippen LogP contribution in [0.1, 0.15) is 37.8 Å². The Kier molecular flexibility index (Phi) is 3.11. The molecule has 0 amide bonds. The molecular weight excluding hydrogens is 184 g/mol. The third-order valence-corrected chi connectivity index (χ3v) is 3.28. The van der Waals surface area contributed by atoms with E-state index in [9.17, 15) is 0 Å². The molecule has 1 heteroatoms. The zero-order valence-electron chi connectivity index (χ0n) is 9.75. The maximum absolute atomic E-state index is 5.53. The zero-order valence-corrected chi connectivity index (χ0v) is 9.75. The maximum atomic E-state index is 5.53. The molecule has 1 aromatic rings. The molecule has 0 aliphatic carbocycles. The Labute approximate surface area is 92.5 Å². The quantitative estimate of drug-likeness (QED) is 0.670. The van der Waals surface area contributed by atoms with Crippen molar-refractivity contribution < 1.29 is 4.74 Å². The van der Waals surface area contributed by atoms with Crippen LogP contribution in [0.15, 0.2) is 24.3 Å². The summed E-state index contributed by atoms with van der Waals surface area (Å²) in [6.45, 7) is 5.37. The van der Waals surface area contributed by atoms with E-state index in [1.54, 1.807) is 0 Å². The smallest absolute Gasteiger partial charge is 0.0954 e. The average molecular weight is 204 g/mol. The molecule has 1 saturated heterocycles. The number of benzene rings is 1. The van der Waals surface area contributed by atoms with Gasteiger partial charge in [0, 0.05) is 6.42 Å². The van der Waals surface area contributed by atoms with E-state index in [0.717, 1.165) is 19.4 Å². The lowest BCUT2D eigenvalue weighted by molar-refractivity contribution is 0.294. The van der Waals surface area contributed by atoms with Gasteiger partial charge in [0.05, 0.1) is 12.2 Å². The third-order valence-electron chi connectivity index (χ3n) is 3.28. The molecule has 0 N–H and O–H groups in total. The van der Waals surface area contributed by atoms with E-state index >= 15 is 0 Å². The van der Waals surface area contributed by atoms with Gasteiger partial charge in [-0.15, -0.1) is 0 Å². The van der Waals surface area contributed by atoms with Gasteiger partial charge in [-0.2, -0.15) is 0 Å². The van der Waals surface area contributed by atoms with Gasteiger partial charge in [-0.05, 0) is 24.0 Å². The molecule has 1 aliphatic rings. The highest BCUT2D eigenvalue weighted by atomic mass is 16.6. The number of hydrogen-bond donors (Lipinski definition) is 0. The van der Waals surface area contributed by atoms with Gasteiger partial charge in [0.1, 0.15) is 0 Å².